The highest BCUT2D eigenvalue weighted by atomic mass is 79.9. The molecule has 5 atom stereocenters. The summed E-state index contributed by atoms with van der Waals surface area (Å²) in [5, 5.41) is 39.9. The Labute approximate surface area is 144 Å². The van der Waals surface area contributed by atoms with Gasteiger partial charge in [0, 0.05) is 0 Å². The van der Waals surface area contributed by atoms with Crippen LogP contribution in [0, 0.1) is 0 Å². The van der Waals surface area contributed by atoms with Crippen molar-refractivity contribution < 1.29 is 29.9 Å². The van der Waals surface area contributed by atoms with Gasteiger partial charge in [-0.25, -0.2) is 0 Å². The molecular weight excluding hydrogens is 394 g/mol. The van der Waals surface area contributed by atoms with Crippen molar-refractivity contribution >= 4 is 38.4 Å². The number of H-pyrrole nitrogens is 1. The van der Waals surface area contributed by atoms with Crippen LogP contribution >= 0.6 is 27.5 Å². The van der Waals surface area contributed by atoms with Crippen molar-refractivity contribution in [1.82, 2.24) is 4.98 Å². The second kappa shape index (κ2) is 6.56. The molecule has 1 aliphatic rings. The summed E-state index contributed by atoms with van der Waals surface area (Å²) in [6, 6.07) is 5.25. The summed E-state index contributed by atoms with van der Waals surface area (Å²) in [6.07, 6.45) is -6.77. The third-order valence-electron chi connectivity index (χ3n) is 3.77. The number of benzene rings is 1. The number of aromatic amines is 1. The Balaban J connectivity index is 1.94. The van der Waals surface area contributed by atoms with Gasteiger partial charge in [-0.15, -0.1) is 0 Å². The molecule has 1 aromatic heterocycles. The van der Waals surface area contributed by atoms with Crippen LogP contribution in [0.2, 0.25) is 5.02 Å². The zero-order valence-electron chi connectivity index (χ0n) is 11.7. The summed E-state index contributed by atoms with van der Waals surface area (Å²) >= 11 is 9.50. The SMILES string of the molecule is OC[C@H]1O[C@H](Oc2c(Br)[nH]c3cccc(Cl)c23)[C@H](O)[C@@H](O)[C@H]1O. The number of aliphatic hydroxyl groups excluding tert-OH is 4. The van der Waals surface area contributed by atoms with Crippen molar-refractivity contribution in [2.45, 2.75) is 30.7 Å². The first-order valence-corrected chi connectivity index (χ1v) is 8.04. The molecule has 126 valence electrons. The quantitative estimate of drug-likeness (QED) is 0.512. The predicted octanol–water partition coefficient (Wildman–Crippen LogP) is 0.762. The summed E-state index contributed by atoms with van der Waals surface area (Å²) in [7, 11) is 0. The Morgan fingerprint density at radius 1 is 1.22 bits per heavy atom. The van der Waals surface area contributed by atoms with Crippen LogP contribution in [0.25, 0.3) is 10.9 Å². The number of aliphatic hydroxyl groups is 4. The normalized spacial score (nSPS) is 31.5. The molecule has 0 saturated carbocycles. The molecule has 9 heteroatoms. The number of hydrogen-bond acceptors (Lipinski definition) is 6. The number of fused-ring (bicyclic) bond motifs is 1. The lowest BCUT2D eigenvalue weighted by molar-refractivity contribution is -0.277. The van der Waals surface area contributed by atoms with Gasteiger partial charge in [-0.1, -0.05) is 17.7 Å². The van der Waals surface area contributed by atoms with Gasteiger partial charge in [0.2, 0.25) is 6.29 Å². The van der Waals surface area contributed by atoms with E-state index in [0.717, 1.165) is 0 Å². The van der Waals surface area contributed by atoms with Crippen LogP contribution in [0.1, 0.15) is 0 Å². The van der Waals surface area contributed by atoms with Gasteiger partial charge in [0.15, 0.2) is 5.75 Å². The maximum Gasteiger partial charge on any atom is 0.229 e. The Morgan fingerprint density at radius 3 is 2.65 bits per heavy atom. The van der Waals surface area contributed by atoms with E-state index in [1.54, 1.807) is 18.2 Å². The van der Waals surface area contributed by atoms with Crippen LogP contribution in [0.15, 0.2) is 22.8 Å². The monoisotopic (exact) mass is 407 g/mol. The summed E-state index contributed by atoms with van der Waals surface area (Å²) < 4.78 is 11.5. The molecule has 3 rings (SSSR count). The van der Waals surface area contributed by atoms with Gasteiger partial charge in [0.25, 0.3) is 0 Å². The van der Waals surface area contributed by atoms with Crippen molar-refractivity contribution in [3.63, 3.8) is 0 Å². The second-order valence-corrected chi connectivity index (χ2v) is 6.45. The minimum atomic E-state index is -1.51. The average Bonchev–Trinajstić information content (AvgIpc) is 2.85. The zero-order valence-corrected chi connectivity index (χ0v) is 14.0. The summed E-state index contributed by atoms with van der Waals surface area (Å²) in [5.41, 5.74) is 0.712. The first kappa shape index (κ1) is 17.0. The van der Waals surface area contributed by atoms with E-state index < -0.39 is 37.3 Å². The lowest BCUT2D eigenvalue weighted by atomic mass is 9.99. The van der Waals surface area contributed by atoms with Crippen LogP contribution in [-0.2, 0) is 4.74 Å². The largest absolute Gasteiger partial charge is 0.458 e. The van der Waals surface area contributed by atoms with Crippen LogP contribution < -0.4 is 4.74 Å². The van der Waals surface area contributed by atoms with Crippen LogP contribution in [0.5, 0.6) is 5.75 Å². The molecule has 2 heterocycles. The highest BCUT2D eigenvalue weighted by Gasteiger charge is 2.45. The van der Waals surface area contributed by atoms with E-state index in [9.17, 15) is 20.4 Å². The highest BCUT2D eigenvalue weighted by molar-refractivity contribution is 9.10. The number of aromatic nitrogens is 1. The van der Waals surface area contributed by atoms with E-state index in [1.807, 2.05) is 0 Å². The molecule has 0 aliphatic carbocycles. The molecule has 0 spiro atoms. The van der Waals surface area contributed by atoms with Crippen LogP contribution in [0.4, 0.5) is 0 Å². The topological polar surface area (TPSA) is 115 Å². The van der Waals surface area contributed by atoms with Gasteiger partial charge in [-0.3, -0.25) is 0 Å². The van der Waals surface area contributed by atoms with Crippen molar-refractivity contribution in [1.29, 1.82) is 0 Å². The molecule has 1 saturated heterocycles. The zero-order chi connectivity index (χ0) is 16.7. The van der Waals surface area contributed by atoms with Gasteiger partial charge in [-0.05, 0) is 28.1 Å². The van der Waals surface area contributed by atoms with Crippen LogP contribution in [0.3, 0.4) is 0 Å². The molecular formula is C14H15BrClNO6. The van der Waals surface area contributed by atoms with Gasteiger partial charge in [0.05, 0.1) is 22.5 Å². The highest BCUT2D eigenvalue weighted by Crippen LogP contribution is 2.39. The third kappa shape index (κ3) is 2.96. The first-order valence-electron chi connectivity index (χ1n) is 6.87. The molecule has 1 aliphatic heterocycles. The van der Waals surface area contributed by atoms with Gasteiger partial charge in [0.1, 0.15) is 29.0 Å². The maximum atomic E-state index is 10.1. The minimum absolute atomic E-state index is 0.301. The molecule has 7 nitrogen and oxygen atoms in total. The third-order valence-corrected chi connectivity index (χ3v) is 4.64. The fourth-order valence-corrected chi connectivity index (χ4v) is 3.30. The van der Waals surface area contributed by atoms with Crippen molar-refractivity contribution in [3.05, 3.63) is 27.8 Å². The van der Waals surface area contributed by atoms with Crippen molar-refractivity contribution in [3.8, 4) is 5.75 Å². The number of rotatable bonds is 3. The van der Waals surface area contributed by atoms with Crippen LogP contribution in [-0.4, -0.2) is 62.7 Å². The Bertz CT molecular complexity index is 708. The predicted molar refractivity (Wildman–Crippen MR) is 85.4 cm³/mol. The summed E-state index contributed by atoms with van der Waals surface area (Å²) in [4.78, 5) is 3.03. The molecule has 0 amide bonds. The Morgan fingerprint density at radius 2 is 1.96 bits per heavy atom. The van der Waals surface area contributed by atoms with Crippen molar-refractivity contribution in [2.75, 3.05) is 6.61 Å². The van der Waals surface area contributed by atoms with E-state index in [1.165, 1.54) is 0 Å². The molecule has 1 fully saturated rings. The first-order chi connectivity index (χ1) is 10.9. The van der Waals surface area contributed by atoms with E-state index >= 15 is 0 Å². The van der Waals surface area contributed by atoms with Gasteiger partial charge < -0.3 is 34.9 Å². The Hall–Kier alpha value is -0.870. The number of halogens is 2. The standard InChI is InChI=1S/C14H15BrClNO6/c15-13-12(8-5(16)2-1-3-6(8)17-13)23-14-11(21)10(20)9(19)7(4-18)22-14/h1-3,7,9-11,14,17-21H,4H2/t7-,9+,10+,11-,14-/m1/s1. The summed E-state index contributed by atoms with van der Waals surface area (Å²) in [5.74, 6) is 0.301. The molecule has 0 radical (unpaired) electrons. The fourth-order valence-electron chi connectivity index (χ4n) is 2.54. The maximum absolute atomic E-state index is 10.1. The molecule has 23 heavy (non-hydrogen) atoms. The average molecular weight is 409 g/mol. The lowest BCUT2D eigenvalue weighted by Gasteiger charge is -2.39. The van der Waals surface area contributed by atoms with Gasteiger partial charge >= 0.3 is 0 Å². The van der Waals surface area contributed by atoms with Gasteiger partial charge in [-0.2, -0.15) is 0 Å². The number of hydrogen-bond donors (Lipinski definition) is 5. The van der Waals surface area contributed by atoms with E-state index in [4.69, 9.17) is 21.1 Å². The molecule has 5 N–H and O–H groups in total. The molecule has 0 bridgehead atoms. The lowest BCUT2D eigenvalue weighted by Crippen LogP contribution is -2.60. The summed E-state index contributed by atoms with van der Waals surface area (Å²) in [6.45, 7) is -0.527. The van der Waals surface area contributed by atoms with Crippen molar-refractivity contribution in [2.24, 2.45) is 0 Å². The minimum Gasteiger partial charge on any atom is -0.458 e. The Kier molecular flexibility index (Phi) is 4.84. The fraction of sp³-hybridized carbons (Fsp3) is 0.429. The second-order valence-electron chi connectivity index (χ2n) is 5.25. The number of ether oxygens (including phenoxy) is 2. The van der Waals surface area contributed by atoms with E-state index in [0.29, 0.717) is 26.3 Å². The van der Waals surface area contributed by atoms with E-state index in [2.05, 4.69) is 20.9 Å². The smallest absolute Gasteiger partial charge is 0.229 e. The molecule has 0 unspecified atom stereocenters. The molecule has 1 aromatic carbocycles. The molecule has 2 aromatic rings. The number of nitrogens with one attached hydrogen (secondary N) is 1. The van der Waals surface area contributed by atoms with E-state index in [-0.39, 0.29) is 0 Å².